The zero-order valence-electron chi connectivity index (χ0n) is 6.60. The average molecular weight is 173 g/mol. The Hall–Kier alpha value is -1.46. The minimum absolute atomic E-state index is 0.233. The van der Waals surface area contributed by atoms with E-state index in [1.165, 1.54) is 13.0 Å². The maximum atomic E-state index is 10.1. The molecule has 0 fully saturated rings. The minimum atomic E-state index is -0.964. The van der Waals surface area contributed by atoms with E-state index < -0.39 is 21.9 Å². The van der Waals surface area contributed by atoms with E-state index >= 15 is 0 Å². The van der Waals surface area contributed by atoms with Gasteiger partial charge in [-0.1, -0.05) is 6.08 Å². The zero-order chi connectivity index (χ0) is 9.72. The van der Waals surface area contributed by atoms with Crippen molar-refractivity contribution in [3.8, 4) is 0 Å². The molecule has 0 spiro atoms. The first-order chi connectivity index (χ1) is 5.50. The van der Waals surface area contributed by atoms with E-state index in [2.05, 4.69) is 6.58 Å². The fourth-order valence-electron chi connectivity index (χ4n) is 0.782. The van der Waals surface area contributed by atoms with Crippen molar-refractivity contribution in [3.05, 3.63) is 39.0 Å². The largest absolute Gasteiger partial charge is 0.597 e. The van der Waals surface area contributed by atoms with Crippen LogP contribution >= 0.6 is 0 Å². The van der Waals surface area contributed by atoms with Crippen LogP contribution in [0.25, 0.3) is 0 Å². The first kappa shape index (κ1) is 10.5. The lowest BCUT2D eigenvalue weighted by Crippen LogP contribution is -2.26. The van der Waals surface area contributed by atoms with Crippen LogP contribution in [0.3, 0.4) is 0 Å². The van der Waals surface area contributed by atoms with Crippen LogP contribution in [0.4, 0.5) is 0 Å². The third-order valence-corrected chi connectivity index (χ3v) is 1.34. The molecule has 1 radical (unpaired) electrons. The van der Waals surface area contributed by atoms with Gasteiger partial charge in [-0.2, -0.15) is 0 Å². The van der Waals surface area contributed by atoms with Crippen molar-refractivity contribution in [3.63, 3.8) is 0 Å². The van der Waals surface area contributed by atoms with Crippen LogP contribution in [0.5, 0.6) is 0 Å². The lowest BCUT2D eigenvalue weighted by molar-refractivity contribution is -0.678. The maximum absolute atomic E-state index is 10.1. The molecule has 0 aliphatic rings. The standard InChI is InChI=1S/C6H9N2O4/c1-3-4-5(2)6(7(9)10)8(11)12/h3,5H,1,4H2,2H3. The number of nitro groups is 2. The van der Waals surface area contributed by atoms with Gasteiger partial charge in [-0.05, 0) is 13.3 Å². The highest BCUT2D eigenvalue weighted by Crippen LogP contribution is 2.18. The van der Waals surface area contributed by atoms with Gasteiger partial charge < -0.3 is 0 Å². The van der Waals surface area contributed by atoms with Gasteiger partial charge in [-0.25, -0.2) is 0 Å². The van der Waals surface area contributed by atoms with E-state index in [0.717, 1.165) is 0 Å². The quantitative estimate of drug-likeness (QED) is 0.355. The summed E-state index contributed by atoms with van der Waals surface area (Å²) in [4.78, 5) is 18.4. The number of allylic oxidation sites excluding steroid dienone is 1. The van der Waals surface area contributed by atoms with Crippen LogP contribution in [0.15, 0.2) is 12.7 Å². The van der Waals surface area contributed by atoms with Crippen LogP contribution in [0.2, 0.25) is 0 Å². The highest BCUT2D eigenvalue weighted by Gasteiger charge is 2.44. The highest BCUT2D eigenvalue weighted by atomic mass is 16.7. The Morgan fingerprint density at radius 2 is 1.92 bits per heavy atom. The second kappa shape index (κ2) is 4.42. The van der Waals surface area contributed by atoms with Crippen LogP contribution < -0.4 is 0 Å². The lowest BCUT2D eigenvalue weighted by Gasteiger charge is -2.02. The molecule has 12 heavy (non-hydrogen) atoms. The molecule has 6 nitrogen and oxygen atoms in total. The van der Waals surface area contributed by atoms with Crippen molar-refractivity contribution >= 4 is 0 Å². The monoisotopic (exact) mass is 173 g/mol. The Morgan fingerprint density at radius 3 is 2.17 bits per heavy atom. The summed E-state index contributed by atoms with van der Waals surface area (Å²) in [6, 6.07) is 0. The Morgan fingerprint density at radius 1 is 1.50 bits per heavy atom. The van der Waals surface area contributed by atoms with Crippen molar-refractivity contribution in [2.45, 2.75) is 13.3 Å². The van der Waals surface area contributed by atoms with Gasteiger partial charge in [0.1, 0.15) is 15.8 Å². The van der Waals surface area contributed by atoms with Gasteiger partial charge in [0.2, 0.25) is 0 Å². The molecule has 0 aromatic rings. The molecule has 1 unspecified atom stereocenters. The molecule has 0 aromatic carbocycles. The van der Waals surface area contributed by atoms with Crippen molar-refractivity contribution in [1.82, 2.24) is 0 Å². The van der Waals surface area contributed by atoms with Crippen LogP contribution in [-0.4, -0.2) is 9.85 Å². The van der Waals surface area contributed by atoms with Gasteiger partial charge in [0.05, 0.1) is 0 Å². The van der Waals surface area contributed by atoms with Gasteiger partial charge in [0.15, 0.2) is 0 Å². The summed E-state index contributed by atoms with van der Waals surface area (Å²) in [6.07, 6.45) is 0.768. The fraction of sp³-hybridized carbons (Fsp3) is 0.500. The normalized spacial score (nSPS) is 12.5. The molecule has 0 heterocycles. The molecule has 67 valence electrons. The number of hydrogen-bond acceptors (Lipinski definition) is 4. The third kappa shape index (κ3) is 2.65. The van der Waals surface area contributed by atoms with Gasteiger partial charge in [-0.3, -0.25) is 20.2 Å². The Bertz CT molecular complexity index is 190. The van der Waals surface area contributed by atoms with Crippen molar-refractivity contribution < 1.29 is 9.85 Å². The van der Waals surface area contributed by atoms with Gasteiger partial charge in [0.25, 0.3) is 0 Å². The molecule has 1 atom stereocenters. The molecule has 0 saturated heterocycles. The van der Waals surface area contributed by atoms with Crippen LogP contribution in [-0.2, 0) is 0 Å². The molecule has 0 saturated carbocycles. The van der Waals surface area contributed by atoms with Gasteiger partial charge in [0, 0.05) is 0 Å². The molecular weight excluding hydrogens is 164 g/mol. The summed E-state index contributed by atoms with van der Waals surface area (Å²) in [6.45, 7) is 4.76. The topological polar surface area (TPSA) is 86.3 Å². The molecule has 0 N–H and O–H groups in total. The number of hydrogen-bond donors (Lipinski definition) is 0. The van der Waals surface area contributed by atoms with E-state index in [4.69, 9.17) is 0 Å². The van der Waals surface area contributed by atoms with Crippen molar-refractivity contribution in [2.75, 3.05) is 0 Å². The zero-order valence-corrected chi connectivity index (χ0v) is 6.60. The predicted molar refractivity (Wildman–Crippen MR) is 41.2 cm³/mol. The number of nitrogens with zero attached hydrogens (tertiary/aromatic N) is 2. The predicted octanol–water partition coefficient (Wildman–Crippen LogP) is 1.24. The highest BCUT2D eigenvalue weighted by molar-refractivity contribution is 4.79. The molecule has 6 heteroatoms. The minimum Gasteiger partial charge on any atom is -0.258 e. The first-order valence-corrected chi connectivity index (χ1v) is 3.27. The second-order valence-corrected chi connectivity index (χ2v) is 2.30. The van der Waals surface area contributed by atoms with Crippen LogP contribution in [0, 0.1) is 32.3 Å². The molecule has 0 aliphatic heterocycles. The summed E-state index contributed by atoms with van der Waals surface area (Å²) in [5.41, 5.74) is 0. The molecule has 0 rings (SSSR count). The molecule has 0 aliphatic carbocycles. The van der Waals surface area contributed by atoms with Gasteiger partial charge >= 0.3 is 6.17 Å². The fourth-order valence-corrected chi connectivity index (χ4v) is 0.782. The molecular formula is C6H9N2O4. The second-order valence-electron chi connectivity index (χ2n) is 2.30. The summed E-state index contributed by atoms with van der Waals surface area (Å²) in [5, 5.41) is 20.3. The first-order valence-electron chi connectivity index (χ1n) is 3.27. The van der Waals surface area contributed by atoms with E-state index in [9.17, 15) is 20.2 Å². The Kier molecular flexibility index (Phi) is 3.89. The summed E-state index contributed by atoms with van der Waals surface area (Å²) >= 11 is 0. The maximum Gasteiger partial charge on any atom is 0.597 e. The Labute approximate surface area is 69.2 Å². The smallest absolute Gasteiger partial charge is 0.258 e. The van der Waals surface area contributed by atoms with E-state index in [0.29, 0.717) is 0 Å². The molecule has 0 aromatic heterocycles. The third-order valence-electron chi connectivity index (χ3n) is 1.34. The SMILES string of the molecule is C=CCC(C)[C]([N+](=O)[O-])[N+](=O)[O-]. The average Bonchev–Trinajstić information content (AvgIpc) is 1.85. The van der Waals surface area contributed by atoms with E-state index in [-0.39, 0.29) is 6.42 Å². The van der Waals surface area contributed by atoms with E-state index in [1.54, 1.807) is 0 Å². The molecule has 0 amide bonds. The summed E-state index contributed by atoms with van der Waals surface area (Å²) < 4.78 is 0. The summed E-state index contributed by atoms with van der Waals surface area (Å²) in [5.74, 6) is -0.701. The van der Waals surface area contributed by atoms with Gasteiger partial charge in [-0.15, -0.1) is 6.58 Å². The Balaban J connectivity index is 4.39. The number of rotatable bonds is 5. The summed E-state index contributed by atoms with van der Waals surface area (Å²) in [7, 11) is 0. The van der Waals surface area contributed by atoms with Crippen LogP contribution in [0.1, 0.15) is 13.3 Å². The molecule has 0 bridgehead atoms. The van der Waals surface area contributed by atoms with Crippen molar-refractivity contribution in [1.29, 1.82) is 0 Å². The van der Waals surface area contributed by atoms with E-state index in [1.807, 2.05) is 0 Å². The lowest BCUT2D eigenvalue weighted by atomic mass is 10.1. The van der Waals surface area contributed by atoms with Crippen molar-refractivity contribution in [2.24, 2.45) is 5.92 Å².